The summed E-state index contributed by atoms with van der Waals surface area (Å²) < 4.78 is 0. The number of amides is 2. The van der Waals surface area contributed by atoms with Crippen molar-refractivity contribution in [2.75, 3.05) is 0 Å². The molecule has 1 aromatic carbocycles. The van der Waals surface area contributed by atoms with Crippen LogP contribution in [0.2, 0.25) is 0 Å². The number of hydrogen-bond acceptors (Lipinski definition) is 6. The number of thioether (sulfide) groups is 1. The highest BCUT2D eigenvalue weighted by molar-refractivity contribution is 8.00. The summed E-state index contributed by atoms with van der Waals surface area (Å²) in [5.41, 5.74) is 2.38. The molecule has 2 aromatic rings. The number of nitrogens with zero attached hydrogens (tertiary/aromatic N) is 1. The molecule has 2 bridgehead atoms. The van der Waals surface area contributed by atoms with E-state index < -0.39 is 23.8 Å². The molecule has 0 spiro atoms. The number of carboxylic acid groups (broad SMARTS) is 1. The maximum atomic E-state index is 13.8. The zero-order valence-electron chi connectivity index (χ0n) is 22.3. The zero-order valence-corrected chi connectivity index (χ0v) is 23.9. The van der Waals surface area contributed by atoms with Gasteiger partial charge in [-0.1, -0.05) is 70.2 Å². The van der Waals surface area contributed by atoms with Gasteiger partial charge < -0.3 is 10.1 Å². The smallest absolute Gasteiger partial charge is 0.326 e. The van der Waals surface area contributed by atoms with Crippen molar-refractivity contribution >= 4 is 40.9 Å². The summed E-state index contributed by atoms with van der Waals surface area (Å²) in [6, 6.07) is 7.52. The third-order valence-corrected chi connectivity index (χ3v) is 11.8. The molecule has 3 heterocycles. The molecule has 6 rings (SSSR count). The van der Waals surface area contributed by atoms with Crippen LogP contribution in [0.4, 0.5) is 0 Å². The van der Waals surface area contributed by atoms with Crippen LogP contribution in [0.1, 0.15) is 69.4 Å². The van der Waals surface area contributed by atoms with Gasteiger partial charge in [-0.05, 0) is 53.1 Å². The van der Waals surface area contributed by atoms with Crippen molar-refractivity contribution < 1.29 is 19.5 Å². The summed E-state index contributed by atoms with van der Waals surface area (Å²) >= 11 is 2.90. The standard InChI is InChI=1S/C29H34N2O5S2/c1-12(2)10-17(27(34)35)31-25(32)20-15-11-16(21(20)26(31)33)22-19(15)18(23-24(37-22)30-28(36)38-23)13-6-8-14(9-7-13)29(3,4)5/h6-9,12,15-22H,10-11H2,1-5H3,(H,30,36)(H,34,35)/t15?,16?,17?,18-,19?,20?,21?,22?/m1/s1. The topological polar surface area (TPSA) is 108 Å². The van der Waals surface area contributed by atoms with Crippen molar-refractivity contribution in [2.45, 2.75) is 75.1 Å². The summed E-state index contributed by atoms with van der Waals surface area (Å²) in [6.45, 7) is 10.4. The number of carbonyl (C=O) groups is 3. The highest BCUT2D eigenvalue weighted by Gasteiger charge is 2.70. The Kier molecular flexibility index (Phi) is 6.00. The molecule has 2 aliphatic carbocycles. The van der Waals surface area contributed by atoms with E-state index in [1.165, 1.54) is 16.9 Å². The Morgan fingerprint density at radius 2 is 1.71 bits per heavy atom. The van der Waals surface area contributed by atoms with Gasteiger partial charge in [0, 0.05) is 16.0 Å². The number of aliphatic carboxylic acids is 1. The molecule has 0 radical (unpaired) electrons. The van der Waals surface area contributed by atoms with Gasteiger partial charge in [-0.3, -0.25) is 19.3 Å². The number of hydrogen-bond donors (Lipinski definition) is 2. The number of fused-ring (bicyclic) bond motifs is 9. The van der Waals surface area contributed by atoms with Crippen molar-refractivity contribution in [3.8, 4) is 0 Å². The van der Waals surface area contributed by atoms with Crippen LogP contribution in [-0.4, -0.2) is 44.1 Å². The van der Waals surface area contributed by atoms with E-state index in [0.717, 1.165) is 26.8 Å². The fourth-order valence-electron chi connectivity index (χ4n) is 7.67. The van der Waals surface area contributed by atoms with Crippen LogP contribution in [0.3, 0.4) is 0 Å². The quantitative estimate of drug-likeness (QED) is 0.519. The Balaban J connectivity index is 1.40. The van der Waals surface area contributed by atoms with Gasteiger partial charge in [0.1, 0.15) is 6.04 Å². The average molecular weight is 555 g/mol. The first-order valence-corrected chi connectivity index (χ1v) is 15.2. The molecular formula is C29H34N2O5S2. The normalized spacial score (nSPS) is 32.5. The Hall–Kier alpha value is -2.39. The Morgan fingerprint density at radius 1 is 1.08 bits per heavy atom. The number of H-pyrrole nitrogens is 1. The molecule has 8 atom stereocenters. The first-order valence-electron chi connectivity index (χ1n) is 13.5. The molecule has 1 aromatic heterocycles. The van der Waals surface area contributed by atoms with E-state index in [1.807, 2.05) is 13.8 Å². The van der Waals surface area contributed by atoms with E-state index in [0.29, 0.717) is 0 Å². The number of benzene rings is 1. The highest BCUT2D eigenvalue weighted by Crippen LogP contribution is 2.68. The molecule has 9 heteroatoms. The summed E-state index contributed by atoms with van der Waals surface area (Å²) in [5.74, 6) is -2.59. The Labute approximate surface area is 230 Å². The van der Waals surface area contributed by atoms with Crippen LogP contribution in [-0.2, 0) is 19.8 Å². The minimum atomic E-state index is -1.12. The summed E-state index contributed by atoms with van der Waals surface area (Å²) in [6.07, 6.45) is 1.05. The predicted octanol–water partition coefficient (Wildman–Crippen LogP) is 4.71. The molecule has 2 aliphatic heterocycles. The maximum Gasteiger partial charge on any atom is 0.326 e. The number of aromatic nitrogens is 1. The number of rotatable bonds is 5. The van der Waals surface area contributed by atoms with Crippen molar-refractivity contribution in [3.05, 3.63) is 49.9 Å². The largest absolute Gasteiger partial charge is 0.480 e. The lowest BCUT2D eigenvalue weighted by atomic mass is 9.68. The van der Waals surface area contributed by atoms with E-state index in [-0.39, 0.29) is 63.4 Å². The lowest BCUT2D eigenvalue weighted by molar-refractivity contribution is -0.156. The third kappa shape index (κ3) is 3.75. The van der Waals surface area contributed by atoms with E-state index in [1.54, 1.807) is 11.8 Å². The van der Waals surface area contributed by atoms with Crippen LogP contribution in [0.25, 0.3) is 0 Å². The molecule has 38 heavy (non-hydrogen) atoms. The van der Waals surface area contributed by atoms with Crippen LogP contribution < -0.4 is 4.87 Å². The molecular weight excluding hydrogens is 520 g/mol. The van der Waals surface area contributed by atoms with Gasteiger partial charge in [-0.25, -0.2) is 4.79 Å². The minimum Gasteiger partial charge on any atom is -0.480 e. The Morgan fingerprint density at radius 3 is 2.29 bits per heavy atom. The van der Waals surface area contributed by atoms with Crippen LogP contribution in [0.15, 0.2) is 34.1 Å². The van der Waals surface area contributed by atoms with E-state index in [2.05, 4.69) is 50.0 Å². The number of thiazole rings is 1. The van der Waals surface area contributed by atoms with Crippen LogP contribution >= 0.6 is 23.1 Å². The first kappa shape index (κ1) is 25.9. The van der Waals surface area contributed by atoms with Crippen LogP contribution in [0.5, 0.6) is 0 Å². The second kappa shape index (κ2) is 8.81. The third-order valence-electron chi connectivity index (χ3n) is 9.19. The predicted molar refractivity (Wildman–Crippen MR) is 146 cm³/mol. The highest BCUT2D eigenvalue weighted by atomic mass is 32.2. The van der Waals surface area contributed by atoms with Gasteiger partial charge in [-0.2, -0.15) is 0 Å². The average Bonchev–Trinajstić information content (AvgIpc) is 3.56. The number of carbonyl (C=O) groups excluding carboxylic acids is 2. The number of aromatic amines is 1. The lowest BCUT2D eigenvalue weighted by Gasteiger charge is -2.43. The molecule has 7 nitrogen and oxygen atoms in total. The van der Waals surface area contributed by atoms with E-state index >= 15 is 0 Å². The van der Waals surface area contributed by atoms with Crippen molar-refractivity contribution in [1.82, 2.24) is 9.88 Å². The van der Waals surface area contributed by atoms with Crippen molar-refractivity contribution in [3.63, 3.8) is 0 Å². The van der Waals surface area contributed by atoms with Crippen molar-refractivity contribution in [1.29, 1.82) is 0 Å². The number of likely N-dealkylation sites (tertiary alicyclic amines) is 1. The number of carboxylic acids is 1. The number of imide groups is 1. The first-order chi connectivity index (χ1) is 17.9. The summed E-state index contributed by atoms with van der Waals surface area (Å²) in [5, 5.41) is 10.9. The van der Waals surface area contributed by atoms with E-state index in [9.17, 15) is 24.3 Å². The lowest BCUT2D eigenvalue weighted by Crippen LogP contribution is -2.47. The van der Waals surface area contributed by atoms with Gasteiger partial charge in [0.05, 0.1) is 16.9 Å². The van der Waals surface area contributed by atoms with Gasteiger partial charge in [0.2, 0.25) is 11.8 Å². The second-order valence-electron chi connectivity index (χ2n) is 12.9. The number of nitrogens with one attached hydrogen (secondary N) is 1. The van der Waals surface area contributed by atoms with E-state index in [4.69, 9.17) is 0 Å². The fraction of sp³-hybridized carbons (Fsp3) is 0.586. The van der Waals surface area contributed by atoms with Crippen LogP contribution in [0, 0.1) is 35.5 Å². The molecule has 4 aliphatic rings. The van der Waals surface area contributed by atoms with Gasteiger partial charge in [-0.15, -0.1) is 11.8 Å². The fourth-order valence-corrected chi connectivity index (χ4v) is 10.6. The molecule has 7 unspecified atom stereocenters. The molecule has 1 saturated heterocycles. The molecule has 2 amide bonds. The summed E-state index contributed by atoms with van der Waals surface area (Å²) in [7, 11) is 0. The molecule has 202 valence electrons. The van der Waals surface area contributed by atoms with Crippen molar-refractivity contribution in [2.24, 2.45) is 35.5 Å². The SMILES string of the molecule is CC(C)CC(C(=O)O)N1C(=O)C2C3CC(C2C1=O)C1C3Sc2[nH]c(=O)sc2[C@@H]1c1ccc(C(C)(C)C)cc1. The summed E-state index contributed by atoms with van der Waals surface area (Å²) in [4.78, 5) is 57.2. The molecule has 2 N–H and O–H groups in total. The van der Waals surface area contributed by atoms with Gasteiger partial charge in [0.25, 0.3) is 0 Å². The second-order valence-corrected chi connectivity index (χ2v) is 15.1. The minimum absolute atomic E-state index is 0.0113. The van der Waals surface area contributed by atoms with Gasteiger partial charge in [0.15, 0.2) is 0 Å². The maximum absolute atomic E-state index is 13.8. The van der Waals surface area contributed by atoms with Gasteiger partial charge >= 0.3 is 10.8 Å². The molecule has 2 saturated carbocycles. The zero-order chi connectivity index (χ0) is 27.3. The molecule has 3 fully saturated rings. The monoisotopic (exact) mass is 554 g/mol. The Bertz CT molecular complexity index is 1370.